The maximum absolute atomic E-state index is 13.7. The van der Waals surface area contributed by atoms with Crippen molar-refractivity contribution >= 4 is 5.96 Å². The average Bonchev–Trinajstić information content (AvgIpc) is 2.64. The van der Waals surface area contributed by atoms with Crippen molar-refractivity contribution in [3.05, 3.63) is 70.5 Å². The Hall–Kier alpha value is -2.40. The summed E-state index contributed by atoms with van der Waals surface area (Å²) in [6.45, 7) is 3.69. The van der Waals surface area contributed by atoms with Gasteiger partial charge in [-0.15, -0.1) is 0 Å². The minimum atomic E-state index is -0.246. The van der Waals surface area contributed by atoms with Crippen molar-refractivity contribution in [2.75, 3.05) is 14.2 Å². The molecule has 0 saturated carbocycles. The molecule has 0 aliphatic rings. The van der Waals surface area contributed by atoms with Crippen molar-refractivity contribution in [3.63, 3.8) is 0 Å². The van der Waals surface area contributed by atoms with Crippen LogP contribution in [0, 0.1) is 5.82 Å². The maximum Gasteiger partial charge on any atom is 0.191 e. The zero-order valence-corrected chi connectivity index (χ0v) is 15.1. The molecule has 0 spiro atoms. The summed E-state index contributed by atoms with van der Waals surface area (Å²) in [5.74, 6) is 0.466. The highest BCUT2D eigenvalue weighted by Crippen LogP contribution is 2.12. The SMILES string of the molecule is CCc1ccccc1CNC(=NC)NCc1ccc(F)c(COC)c1. The summed E-state index contributed by atoms with van der Waals surface area (Å²) in [6, 6.07) is 13.4. The highest BCUT2D eigenvalue weighted by molar-refractivity contribution is 5.79. The molecule has 0 heterocycles. The van der Waals surface area contributed by atoms with Crippen LogP contribution in [0.15, 0.2) is 47.5 Å². The van der Waals surface area contributed by atoms with E-state index in [9.17, 15) is 4.39 Å². The van der Waals surface area contributed by atoms with Gasteiger partial charge in [-0.1, -0.05) is 37.3 Å². The predicted octanol–water partition coefficient (Wildman–Crippen LogP) is 3.40. The normalized spacial score (nSPS) is 11.4. The summed E-state index contributed by atoms with van der Waals surface area (Å²) < 4.78 is 18.7. The van der Waals surface area contributed by atoms with E-state index < -0.39 is 0 Å². The van der Waals surface area contributed by atoms with Gasteiger partial charge in [-0.2, -0.15) is 0 Å². The molecule has 0 fully saturated rings. The van der Waals surface area contributed by atoms with Crippen LogP contribution in [-0.2, 0) is 30.9 Å². The fraction of sp³-hybridized carbons (Fsp3) is 0.350. The van der Waals surface area contributed by atoms with Crippen molar-refractivity contribution in [2.45, 2.75) is 33.0 Å². The van der Waals surface area contributed by atoms with E-state index in [1.165, 1.54) is 17.2 Å². The zero-order valence-electron chi connectivity index (χ0n) is 15.1. The van der Waals surface area contributed by atoms with Gasteiger partial charge in [0.25, 0.3) is 0 Å². The second-order valence-corrected chi connectivity index (χ2v) is 5.76. The van der Waals surface area contributed by atoms with Gasteiger partial charge in [0.05, 0.1) is 6.61 Å². The number of nitrogens with zero attached hydrogens (tertiary/aromatic N) is 1. The summed E-state index contributed by atoms with van der Waals surface area (Å²) in [5, 5.41) is 6.58. The number of hydrogen-bond donors (Lipinski definition) is 2. The Kier molecular flexibility index (Phi) is 7.41. The van der Waals surface area contributed by atoms with Gasteiger partial charge in [-0.3, -0.25) is 4.99 Å². The third kappa shape index (κ3) is 5.57. The largest absolute Gasteiger partial charge is 0.380 e. The summed E-state index contributed by atoms with van der Waals surface area (Å²) in [4.78, 5) is 4.25. The topological polar surface area (TPSA) is 45.7 Å². The second-order valence-electron chi connectivity index (χ2n) is 5.76. The molecule has 0 aliphatic carbocycles. The van der Waals surface area contributed by atoms with Gasteiger partial charge in [0.2, 0.25) is 0 Å². The lowest BCUT2D eigenvalue weighted by atomic mass is 10.1. The van der Waals surface area contributed by atoms with E-state index in [1.807, 2.05) is 12.1 Å². The second kappa shape index (κ2) is 9.79. The fourth-order valence-corrected chi connectivity index (χ4v) is 2.66. The van der Waals surface area contributed by atoms with Crippen molar-refractivity contribution < 1.29 is 9.13 Å². The Bertz CT molecular complexity index is 716. The molecule has 4 nitrogen and oxygen atoms in total. The Labute approximate surface area is 149 Å². The van der Waals surface area contributed by atoms with Crippen LogP contribution >= 0.6 is 0 Å². The van der Waals surface area contributed by atoms with E-state index in [2.05, 4.69) is 40.7 Å². The maximum atomic E-state index is 13.7. The summed E-state index contributed by atoms with van der Waals surface area (Å²) in [5.41, 5.74) is 4.12. The van der Waals surface area contributed by atoms with Gasteiger partial charge in [-0.25, -0.2) is 4.39 Å². The van der Waals surface area contributed by atoms with Gasteiger partial charge in [-0.05, 0) is 35.2 Å². The fourth-order valence-electron chi connectivity index (χ4n) is 2.66. The first-order valence-electron chi connectivity index (χ1n) is 8.45. The first-order chi connectivity index (χ1) is 12.2. The number of benzene rings is 2. The highest BCUT2D eigenvalue weighted by atomic mass is 19.1. The average molecular weight is 343 g/mol. The molecule has 0 atom stereocenters. The van der Waals surface area contributed by atoms with Crippen molar-refractivity contribution in [2.24, 2.45) is 4.99 Å². The van der Waals surface area contributed by atoms with Gasteiger partial charge >= 0.3 is 0 Å². The van der Waals surface area contributed by atoms with Gasteiger partial charge < -0.3 is 15.4 Å². The minimum Gasteiger partial charge on any atom is -0.380 e. The van der Waals surface area contributed by atoms with Crippen molar-refractivity contribution in [1.82, 2.24) is 10.6 Å². The number of aliphatic imine (C=N–C) groups is 1. The standard InChI is InChI=1S/C20H26FN3O/c1-4-16-7-5-6-8-17(16)13-24-20(22-2)23-12-15-9-10-19(21)18(11-15)14-25-3/h5-11H,4,12-14H2,1-3H3,(H2,22,23,24). The molecule has 2 aromatic carbocycles. The smallest absolute Gasteiger partial charge is 0.191 e. The molecule has 0 unspecified atom stereocenters. The highest BCUT2D eigenvalue weighted by Gasteiger charge is 2.05. The Balaban J connectivity index is 1.93. The molecule has 134 valence electrons. The van der Waals surface area contributed by atoms with Crippen LogP contribution in [0.5, 0.6) is 0 Å². The van der Waals surface area contributed by atoms with E-state index in [0.29, 0.717) is 24.6 Å². The molecule has 0 amide bonds. The summed E-state index contributed by atoms with van der Waals surface area (Å²) in [6.07, 6.45) is 1.00. The number of methoxy groups -OCH3 is 1. The number of guanidine groups is 1. The zero-order chi connectivity index (χ0) is 18.1. The number of aryl methyl sites for hydroxylation is 1. The van der Waals surface area contributed by atoms with Gasteiger partial charge in [0.1, 0.15) is 5.82 Å². The third-order valence-corrected chi connectivity index (χ3v) is 4.04. The molecule has 2 aromatic rings. The molecule has 0 radical (unpaired) electrons. The lowest BCUT2D eigenvalue weighted by Crippen LogP contribution is -2.36. The molecular formula is C20H26FN3O. The Morgan fingerprint density at radius 2 is 1.76 bits per heavy atom. The van der Waals surface area contributed by atoms with Crippen LogP contribution < -0.4 is 10.6 Å². The van der Waals surface area contributed by atoms with Crippen LogP contribution in [0.4, 0.5) is 4.39 Å². The lowest BCUT2D eigenvalue weighted by Gasteiger charge is -2.14. The molecular weight excluding hydrogens is 317 g/mol. The monoisotopic (exact) mass is 343 g/mol. The van der Waals surface area contributed by atoms with Gasteiger partial charge in [0.15, 0.2) is 5.96 Å². The molecule has 2 N–H and O–H groups in total. The first-order valence-corrected chi connectivity index (χ1v) is 8.45. The van der Waals surface area contributed by atoms with Crippen LogP contribution in [-0.4, -0.2) is 20.1 Å². The van der Waals surface area contributed by atoms with E-state index in [1.54, 1.807) is 20.2 Å². The van der Waals surface area contributed by atoms with E-state index in [-0.39, 0.29) is 12.4 Å². The Morgan fingerprint density at radius 3 is 2.44 bits per heavy atom. The molecule has 25 heavy (non-hydrogen) atoms. The molecule has 0 bridgehead atoms. The molecule has 0 aromatic heterocycles. The first kappa shape index (κ1) is 18.9. The van der Waals surface area contributed by atoms with Crippen molar-refractivity contribution in [1.29, 1.82) is 0 Å². The lowest BCUT2D eigenvalue weighted by molar-refractivity contribution is 0.181. The van der Waals surface area contributed by atoms with Crippen LogP contribution in [0.3, 0.4) is 0 Å². The number of rotatable bonds is 7. The number of halogens is 1. The van der Waals surface area contributed by atoms with E-state index in [0.717, 1.165) is 12.0 Å². The van der Waals surface area contributed by atoms with Crippen LogP contribution in [0.25, 0.3) is 0 Å². The molecule has 5 heteroatoms. The number of ether oxygens (including phenoxy) is 1. The molecule has 0 aliphatic heterocycles. The summed E-state index contributed by atoms with van der Waals surface area (Å²) >= 11 is 0. The van der Waals surface area contributed by atoms with Gasteiger partial charge in [0, 0.05) is 32.8 Å². The molecule has 2 rings (SSSR count). The number of hydrogen-bond acceptors (Lipinski definition) is 2. The summed E-state index contributed by atoms with van der Waals surface area (Å²) in [7, 11) is 3.30. The minimum absolute atomic E-state index is 0.246. The van der Waals surface area contributed by atoms with Crippen LogP contribution in [0.2, 0.25) is 0 Å². The van der Waals surface area contributed by atoms with Crippen LogP contribution in [0.1, 0.15) is 29.2 Å². The third-order valence-electron chi connectivity index (χ3n) is 4.04. The van der Waals surface area contributed by atoms with E-state index >= 15 is 0 Å². The predicted molar refractivity (Wildman–Crippen MR) is 100.0 cm³/mol. The Morgan fingerprint density at radius 1 is 1.04 bits per heavy atom. The quantitative estimate of drug-likeness (QED) is 0.598. The molecule has 0 saturated heterocycles. The van der Waals surface area contributed by atoms with Crippen molar-refractivity contribution in [3.8, 4) is 0 Å². The van der Waals surface area contributed by atoms with E-state index in [4.69, 9.17) is 4.74 Å². The number of nitrogens with one attached hydrogen (secondary N) is 2.